The minimum absolute atomic E-state index is 0.0265. The third-order valence-electron chi connectivity index (χ3n) is 3.10. The van der Waals surface area contributed by atoms with Gasteiger partial charge < -0.3 is 10.6 Å². The molecule has 0 atom stereocenters. The molecule has 2 aromatic carbocycles. The number of aryl methyl sites for hydroxylation is 1. The summed E-state index contributed by atoms with van der Waals surface area (Å²) in [5, 5.41) is 5.99. The van der Waals surface area contributed by atoms with Crippen molar-refractivity contribution >= 4 is 11.6 Å². The van der Waals surface area contributed by atoms with Crippen LogP contribution in [0.25, 0.3) is 0 Å². The first-order valence-electron chi connectivity index (χ1n) is 6.91. The zero-order chi connectivity index (χ0) is 14.2. The van der Waals surface area contributed by atoms with Gasteiger partial charge in [-0.1, -0.05) is 49.4 Å². The quantitative estimate of drug-likeness (QED) is 0.845. The van der Waals surface area contributed by atoms with Crippen molar-refractivity contribution in [1.29, 1.82) is 0 Å². The number of hydrogen-bond donors (Lipinski definition) is 2. The zero-order valence-electron chi connectivity index (χ0n) is 11.7. The molecule has 104 valence electrons. The van der Waals surface area contributed by atoms with Crippen LogP contribution in [-0.4, -0.2) is 12.5 Å². The molecule has 0 unspecified atom stereocenters. The fourth-order valence-electron chi connectivity index (χ4n) is 1.94. The van der Waals surface area contributed by atoms with E-state index in [4.69, 9.17) is 0 Å². The van der Waals surface area contributed by atoms with Crippen molar-refractivity contribution in [1.82, 2.24) is 5.32 Å². The molecule has 0 aromatic heterocycles. The maximum atomic E-state index is 11.7. The Bertz CT molecular complexity index is 535. The maximum Gasteiger partial charge on any atom is 0.238 e. The molecule has 0 spiro atoms. The minimum atomic E-state index is -0.0265. The molecule has 3 nitrogen and oxygen atoms in total. The highest BCUT2D eigenvalue weighted by Gasteiger charge is 2.01. The Morgan fingerprint density at radius 1 is 0.950 bits per heavy atom. The van der Waals surface area contributed by atoms with Gasteiger partial charge in [-0.3, -0.25) is 4.79 Å². The normalized spacial score (nSPS) is 10.2. The van der Waals surface area contributed by atoms with Crippen LogP contribution in [0.3, 0.4) is 0 Å². The molecular formula is C17H20N2O. The van der Waals surface area contributed by atoms with E-state index in [-0.39, 0.29) is 5.91 Å². The summed E-state index contributed by atoms with van der Waals surface area (Å²) < 4.78 is 0. The van der Waals surface area contributed by atoms with E-state index >= 15 is 0 Å². The van der Waals surface area contributed by atoms with E-state index < -0.39 is 0 Å². The highest BCUT2D eigenvalue weighted by Crippen LogP contribution is 2.05. The summed E-state index contributed by atoms with van der Waals surface area (Å²) in [4.78, 5) is 11.7. The summed E-state index contributed by atoms with van der Waals surface area (Å²) in [7, 11) is 0. The van der Waals surface area contributed by atoms with Crippen molar-refractivity contribution in [3.63, 3.8) is 0 Å². The van der Waals surface area contributed by atoms with E-state index in [1.165, 1.54) is 11.1 Å². The van der Waals surface area contributed by atoms with E-state index in [0.29, 0.717) is 13.1 Å². The summed E-state index contributed by atoms with van der Waals surface area (Å²) in [5.41, 5.74) is 3.34. The Morgan fingerprint density at radius 3 is 2.25 bits per heavy atom. The van der Waals surface area contributed by atoms with Crippen molar-refractivity contribution in [2.24, 2.45) is 0 Å². The van der Waals surface area contributed by atoms with E-state index in [9.17, 15) is 4.79 Å². The van der Waals surface area contributed by atoms with Crippen molar-refractivity contribution in [2.75, 3.05) is 11.9 Å². The molecule has 0 aliphatic rings. The SMILES string of the molecule is CCc1ccc(CNCC(=O)Nc2ccccc2)cc1. The number of hydrogen-bond acceptors (Lipinski definition) is 2. The number of nitrogens with one attached hydrogen (secondary N) is 2. The first kappa shape index (κ1) is 14.3. The molecule has 0 bridgehead atoms. The second-order valence-corrected chi connectivity index (χ2v) is 4.69. The third kappa shape index (κ3) is 4.52. The van der Waals surface area contributed by atoms with Crippen LogP contribution in [0.4, 0.5) is 5.69 Å². The molecule has 2 N–H and O–H groups in total. The predicted molar refractivity (Wildman–Crippen MR) is 82.6 cm³/mol. The maximum absolute atomic E-state index is 11.7. The van der Waals surface area contributed by atoms with Gasteiger partial charge in [0.25, 0.3) is 0 Å². The lowest BCUT2D eigenvalue weighted by Crippen LogP contribution is -2.27. The lowest BCUT2D eigenvalue weighted by atomic mass is 10.1. The monoisotopic (exact) mass is 268 g/mol. The summed E-state index contributed by atoms with van der Waals surface area (Å²) in [6, 6.07) is 17.9. The molecule has 0 aliphatic heterocycles. The molecule has 1 amide bonds. The molecule has 2 rings (SSSR count). The number of rotatable bonds is 6. The second-order valence-electron chi connectivity index (χ2n) is 4.69. The van der Waals surface area contributed by atoms with Gasteiger partial charge in [0.05, 0.1) is 6.54 Å². The van der Waals surface area contributed by atoms with Crippen molar-refractivity contribution in [3.05, 3.63) is 65.7 Å². The molecule has 0 aliphatic carbocycles. The first-order valence-corrected chi connectivity index (χ1v) is 6.91. The Labute approximate surface area is 120 Å². The van der Waals surface area contributed by atoms with Gasteiger partial charge in [-0.25, -0.2) is 0 Å². The Balaban J connectivity index is 1.73. The van der Waals surface area contributed by atoms with E-state index in [2.05, 4.69) is 41.8 Å². The fraction of sp³-hybridized carbons (Fsp3) is 0.235. The summed E-state index contributed by atoms with van der Waals surface area (Å²) >= 11 is 0. The number of amides is 1. The van der Waals surface area contributed by atoms with Crippen LogP contribution in [0, 0.1) is 0 Å². The fourth-order valence-corrected chi connectivity index (χ4v) is 1.94. The van der Waals surface area contributed by atoms with Gasteiger partial charge in [0.1, 0.15) is 0 Å². The summed E-state index contributed by atoms with van der Waals surface area (Å²) in [5.74, 6) is -0.0265. The van der Waals surface area contributed by atoms with Gasteiger partial charge in [-0.2, -0.15) is 0 Å². The highest BCUT2D eigenvalue weighted by atomic mass is 16.1. The topological polar surface area (TPSA) is 41.1 Å². The van der Waals surface area contributed by atoms with Gasteiger partial charge in [0, 0.05) is 12.2 Å². The molecular weight excluding hydrogens is 248 g/mol. The molecule has 2 aromatic rings. The summed E-state index contributed by atoms with van der Waals surface area (Å²) in [6.07, 6.45) is 1.05. The Kier molecular flexibility index (Phi) is 5.33. The molecule has 20 heavy (non-hydrogen) atoms. The summed E-state index contributed by atoms with van der Waals surface area (Å²) in [6.45, 7) is 3.15. The number of para-hydroxylation sites is 1. The highest BCUT2D eigenvalue weighted by molar-refractivity contribution is 5.92. The average molecular weight is 268 g/mol. The molecule has 0 saturated heterocycles. The van der Waals surface area contributed by atoms with Crippen LogP contribution in [0.15, 0.2) is 54.6 Å². The number of benzene rings is 2. The smallest absolute Gasteiger partial charge is 0.238 e. The minimum Gasteiger partial charge on any atom is -0.325 e. The number of anilines is 1. The average Bonchev–Trinajstić information content (AvgIpc) is 2.49. The second kappa shape index (κ2) is 7.46. The zero-order valence-corrected chi connectivity index (χ0v) is 11.7. The van der Waals surface area contributed by atoms with Crippen LogP contribution < -0.4 is 10.6 Å². The largest absolute Gasteiger partial charge is 0.325 e. The van der Waals surface area contributed by atoms with Crippen LogP contribution >= 0.6 is 0 Å². The molecule has 3 heteroatoms. The number of carbonyl (C=O) groups is 1. The predicted octanol–water partition coefficient (Wildman–Crippen LogP) is 2.98. The van der Waals surface area contributed by atoms with Gasteiger partial charge in [-0.15, -0.1) is 0 Å². The van der Waals surface area contributed by atoms with E-state index in [0.717, 1.165) is 12.1 Å². The van der Waals surface area contributed by atoms with Gasteiger partial charge in [0.2, 0.25) is 5.91 Å². The standard InChI is InChI=1S/C17H20N2O/c1-2-14-8-10-15(11-9-14)12-18-13-17(20)19-16-6-4-3-5-7-16/h3-11,18H,2,12-13H2,1H3,(H,19,20). The van der Waals surface area contributed by atoms with E-state index in [1.807, 2.05) is 30.3 Å². The lowest BCUT2D eigenvalue weighted by molar-refractivity contribution is -0.115. The Morgan fingerprint density at radius 2 is 1.60 bits per heavy atom. The van der Waals surface area contributed by atoms with Crippen LogP contribution in [-0.2, 0) is 17.8 Å². The van der Waals surface area contributed by atoms with Crippen LogP contribution in [0.5, 0.6) is 0 Å². The van der Waals surface area contributed by atoms with Crippen LogP contribution in [0.2, 0.25) is 0 Å². The molecule has 0 heterocycles. The van der Waals surface area contributed by atoms with Gasteiger partial charge in [0.15, 0.2) is 0 Å². The molecule has 0 saturated carbocycles. The third-order valence-corrected chi connectivity index (χ3v) is 3.10. The Hall–Kier alpha value is -2.13. The van der Waals surface area contributed by atoms with E-state index in [1.54, 1.807) is 0 Å². The van der Waals surface area contributed by atoms with Crippen LogP contribution in [0.1, 0.15) is 18.1 Å². The first-order chi connectivity index (χ1) is 9.78. The van der Waals surface area contributed by atoms with Crippen molar-refractivity contribution in [2.45, 2.75) is 19.9 Å². The molecule has 0 radical (unpaired) electrons. The van der Waals surface area contributed by atoms with Crippen molar-refractivity contribution in [3.8, 4) is 0 Å². The number of carbonyl (C=O) groups excluding carboxylic acids is 1. The lowest BCUT2D eigenvalue weighted by Gasteiger charge is -2.07. The molecule has 0 fully saturated rings. The van der Waals surface area contributed by atoms with Crippen molar-refractivity contribution < 1.29 is 4.79 Å². The van der Waals surface area contributed by atoms with Gasteiger partial charge in [-0.05, 0) is 29.7 Å². The van der Waals surface area contributed by atoms with Gasteiger partial charge >= 0.3 is 0 Å².